The van der Waals surface area contributed by atoms with Gasteiger partial charge in [-0.05, 0) is 27.2 Å². The third-order valence-corrected chi connectivity index (χ3v) is 3.37. The summed E-state index contributed by atoms with van der Waals surface area (Å²) in [5, 5.41) is 0. The lowest BCUT2D eigenvalue weighted by Crippen LogP contribution is -2.24. The summed E-state index contributed by atoms with van der Waals surface area (Å²) in [7, 11) is 0. The maximum atomic E-state index is 11.5. The van der Waals surface area contributed by atoms with Gasteiger partial charge in [0.25, 0.3) is 0 Å². The molecule has 0 rings (SSSR count). The van der Waals surface area contributed by atoms with E-state index in [1.807, 2.05) is 20.8 Å². The summed E-state index contributed by atoms with van der Waals surface area (Å²) < 4.78 is 37.5. The Morgan fingerprint density at radius 1 is 0.586 bits per heavy atom. The topological polar surface area (TPSA) is 81.7 Å². The van der Waals surface area contributed by atoms with Gasteiger partial charge in [-0.1, -0.05) is 13.3 Å². The minimum Gasteiger partial charge on any atom is -0.460 e. The van der Waals surface area contributed by atoms with Crippen molar-refractivity contribution in [2.24, 2.45) is 0 Å². The van der Waals surface area contributed by atoms with Gasteiger partial charge < -0.3 is 33.2 Å². The molecule has 0 aromatic heterocycles. The summed E-state index contributed by atoms with van der Waals surface area (Å²) in [4.78, 5) is 11.5. The van der Waals surface area contributed by atoms with Crippen molar-refractivity contribution in [3.63, 3.8) is 0 Å². The van der Waals surface area contributed by atoms with Gasteiger partial charge in [0, 0.05) is 6.61 Å². The molecule has 0 aromatic carbocycles. The van der Waals surface area contributed by atoms with E-state index in [0.717, 1.165) is 19.4 Å². The summed E-state index contributed by atoms with van der Waals surface area (Å²) in [6.45, 7) is 14.1. The van der Waals surface area contributed by atoms with Crippen LogP contribution in [0.25, 0.3) is 0 Å². The maximum Gasteiger partial charge on any atom is 0.308 e. The fourth-order valence-electron chi connectivity index (χ4n) is 2.00. The van der Waals surface area contributed by atoms with Crippen LogP contribution in [0.2, 0.25) is 0 Å². The molecule has 8 nitrogen and oxygen atoms in total. The first-order valence-electron chi connectivity index (χ1n) is 10.6. The average Bonchev–Trinajstić information content (AvgIpc) is 2.65. The molecule has 0 saturated heterocycles. The third kappa shape index (κ3) is 25.2. The molecular weight excluding hydrogens is 380 g/mol. The second-order valence-corrected chi connectivity index (χ2v) is 7.36. The van der Waals surface area contributed by atoms with Gasteiger partial charge >= 0.3 is 5.97 Å². The highest BCUT2D eigenvalue weighted by Crippen LogP contribution is 2.07. The van der Waals surface area contributed by atoms with Gasteiger partial charge in [0.2, 0.25) is 0 Å². The van der Waals surface area contributed by atoms with Crippen LogP contribution in [0.15, 0.2) is 0 Å². The van der Waals surface area contributed by atoms with E-state index >= 15 is 0 Å². The van der Waals surface area contributed by atoms with Crippen LogP contribution < -0.4 is 0 Å². The Hall–Kier alpha value is -0.770. The molecule has 0 amide bonds. The van der Waals surface area contributed by atoms with Crippen molar-refractivity contribution in [3.8, 4) is 0 Å². The van der Waals surface area contributed by atoms with Crippen LogP contribution in [0, 0.1) is 0 Å². The molecule has 174 valence electrons. The van der Waals surface area contributed by atoms with Crippen LogP contribution in [0.1, 0.15) is 47.0 Å². The van der Waals surface area contributed by atoms with Crippen LogP contribution in [0.3, 0.4) is 0 Å². The van der Waals surface area contributed by atoms with E-state index in [-0.39, 0.29) is 12.4 Å². The number of hydrogen-bond acceptors (Lipinski definition) is 8. The number of esters is 1. The van der Waals surface area contributed by atoms with Crippen molar-refractivity contribution < 1.29 is 38.0 Å². The Bertz CT molecular complexity index is 357. The smallest absolute Gasteiger partial charge is 0.308 e. The molecule has 0 fully saturated rings. The molecule has 0 aromatic rings. The number of hydrogen-bond donors (Lipinski definition) is 0. The normalized spacial score (nSPS) is 11.7. The molecule has 0 radical (unpaired) electrons. The van der Waals surface area contributed by atoms with E-state index in [1.54, 1.807) is 0 Å². The van der Waals surface area contributed by atoms with Crippen molar-refractivity contribution in [1.82, 2.24) is 0 Å². The number of carbonyl (C=O) groups is 1. The molecule has 0 heterocycles. The monoisotopic (exact) mass is 422 g/mol. The van der Waals surface area contributed by atoms with Gasteiger partial charge in [0.15, 0.2) is 0 Å². The van der Waals surface area contributed by atoms with Crippen LogP contribution >= 0.6 is 0 Å². The van der Waals surface area contributed by atoms with Gasteiger partial charge in [-0.3, -0.25) is 4.79 Å². The molecule has 0 saturated carbocycles. The van der Waals surface area contributed by atoms with Gasteiger partial charge in [0.05, 0.1) is 79.1 Å². The minimum absolute atomic E-state index is 0.248. The van der Waals surface area contributed by atoms with E-state index in [0.29, 0.717) is 72.7 Å². The highest BCUT2D eigenvalue weighted by atomic mass is 16.6. The number of ether oxygens (including phenoxy) is 7. The Morgan fingerprint density at radius 2 is 0.931 bits per heavy atom. The molecule has 0 aliphatic carbocycles. The lowest BCUT2D eigenvalue weighted by Gasteiger charge is -2.19. The quantitative estimate of drug-likeness (QED) is 0.206. The second-order valence-electron chi connectivity index (χ2n) is 7.36. The Balaban J connectivity index is 3.11. The van der Waals surface area contributed by atoms with E-state index < -0.39 is 5.60 Å². The highest BCUT2D eigenvalue weighted by molar-refractivity contribution is 5.69. The minimum atomic E-state index is -0.456. The largest absolute Gasteiger partial charge is 0.460 e. The lowest BCUT2D eigenvalue weighted by atomic mass is 10.2. The van der Waals surface area contributed by atoms with Crippen molar-refractivity contribution in [2.45, 2.75) is 52.6 Å². The Kier molecular flexibility index (Phi) is 20.0. The van der Waals surface area contributed by atoms with Gasteiger partial charge in [-0.15, -0.1) is 0 Å². The molecule has 0 unspecified atom stereocenters. The van der Waals surface area contributed by atoms with Crippen molar-refractivity contribution in [2.75, 3.05) is 79.3 Å². The van der Waals surface area contributed by atoms with Crippen LogP contribution in [-0.2, 0) is 38.0 Å². The van der Waals surface area contributed by atoms with Crippen molar-refractivity contribution in [3.05, 3.63) is 0 Å². The molecule has 0 N–H and O–H groups in total. The maximum absolute atomic E-state index is 11.5. The zero-order chi connectivity index (χ0) is 21.6. The fraction of sp³-hybridized carbons (Fsp3) is 0.952. The highest BCUT2D eigenvalue weighted by Gasteiger charge is 2.15. The standard InChI is InChI=1S/C21H42O8/c1-5-6-8-23-10-12-25-14-16-27-18-19-28-17-15-26-13-11-24-9-7-20(22)29-21(2,3)4/h5-19H2,1-4H3. The Morgan fingerprint density at radius 3 is 1.28 bits per heavy atom. The molecule has 0 bridgehead atoms. The van der Waals surface area contributed by atoms with E-state index in [1.165, 1.54) is 0 Å². The fourth-order valence-corrected chi connectivity index (χ4v) is 2.00. The van der Waals surface area contributed by atoms with Gasteiger partial charge in [-0.25, -0.2) is 0 Å². The summed E-state index contributed by atoms with van der Waals surface area (Å²) in [5.41, 5.74) is -0.456. The summed E-state index contributed by atoms with van der Waals surface area (Å²) >= 11 is 0. The SMILES string of the molecule is CCCCOCCOCCOCCOCCOCCOCCC(=O)OC(C)(C)C. The first-order valence-corrected chi connectivity index (χ1v) is 10.6. The second kappa shape index (κ2) is 20.5. The van der Waals surface area contributed by atoms with Crippen molar-refractivity contribution >= 4 is 5.97 Å². The number of unbranched alkanes of at least 4 members (excludes halogenated alkanes) is 1. The summed E-state index contributed by atoms with van der Waals surface area (Å²) in [5.74, 6) is -0.253. The summed E-state index contributed by atoms with van der Waals surface area (Å²) in [6.07, 6.45) is 2.49. The van der Waals surface area contributed by atoms with Crippen molar-refractivity contribution in [1.29, 1.82) is 0 Å². The van der Waals surface area contributed by atoms with Crippen LogP contribution in [-0.4, -0.2) is 90.9 Å². The first kappa shape index (κ1) is 28.2. The molecule has 0 aliphatic rings. The van der Waals surface area contributed by atoms with Crippen LogP contribution in [0.5, 0.6) is 0 Å². The molecule has 0 spiro atoms. The predicted octanol–water partition coefficient (Wildman–Crippen LogP) is 2.62. The molecular formula is C21H42O8. The van der Waals surface area contributed by atoms with Gasteiger partial charge in [-0.2, -0.15) is 0 Å². The molecule has 8 heteroatoms. The average molecular weight is 423 g/mol. The van der Waals surface area contributed by atoms with E-state index in [4.69, 9.17) is 33.2 Å². The van der Waals surface area contributed by atoms with E-state index in [9.17, 15) is 4.79 Å². The Labute approximate surface area is 176 Å². The number of rotatable bonds is 21. The zero-order valence-corrected chi connectivity index (χ0v) is 18.9. The molecule has 0 atom stereocenters. The first-order chi connectivity index (χ1) is 14.0. The lowest BCUT2D eigenvalue weighted by molar-refractivity contribution is -0.156. The number of carbonyl (C=O) groups excluding carboxylic acids is 1. The molecule has 29 heavy (non-hydrogen) atoms. The third-order valence-electron chi connectivity index (χ3n) is 3.37. The zero-order valence-electron chi connectivity index (χ0n) is 18.9. The van der Waals surface area contributed by atoms with E-state index in [2.05, 4.69) is 6.92 Å². The van der Waals surface area contributed by atoms with Gasteiger partial charge in [0.1, 0.15) is 5.60 Å². The summed E-state index contributed by atoms with van der Waals surface area (Å²) in [6, 6.07) is 0. The van der Waals surface area contributed by atoms with Crippen LogP contribution in [0.4, 0.5) is 0 Å². The molecule has 0 aliphatic heterocycles. The predicted molar refractivity (Wildman–Crippen MR) is 110 cm³/mol.